The van der Waals surface area contributed by atoms with E-state index in [-0.39, 0.29) is 16.0 Å². The molecule has 0 spiro atoms. The molecule has 9 heteroatoms. The fraction of sp³-hybridized carbons (Fsp3) is 0.0625. The van der Waals surface area contributed by atoms with Crippen molar-refractivity contribution >= 4 is 23.8 Å². The minimum absolute atomic E-state index is 0.0822. The molecule has 0 bridgehead atoms. The number of nitrogens with one attached hydrogen (secondary N) is 2. The minimum Gasteiger partial charge on any atom is -0.267 e. The van der Waals surface area contributed by atoms with E-state index in [1.807, 2.05) is 30.3 Å². The van der Waals surface area contributed by atoms with E-state index in [1.54, 1.807) is 0 Å². The Morgan fingerprint density at radius 3 is 2.52 bits per heavy atom. The van der Waals surface area contributed by atoms with Crippen LogP contribution in [0.1, 0.15) is 21.7 Å². The van der Waals surface area contributed by atoms with Crippen molar-refractivity contribution < 1.29 is 9.72 Å². The fourth-order valence-electron chi connectivity index (χ4n) is 2.24. The molecule has 1 heterocycles. The first kappa shape index (κ1) is 16.5. The van der Waals surface area contributed by atoms with Crippen molar-refractivity contribution in [1.82, 2.24) is 14.9 Å². The quantitative estimate of drug-likeness (QED) is 0.416. The number of carbonyl (C=O) groups is 1. The zero-order chi connectivity index (χ0) is 17.8. The molecule has 0 aliphatic heterocycles. The van der Waals surface area contributed by atoms with E-state index in [0.29, 0.717) is 12.2 Å². The molecule has 0 saturated carbocycles. The molecule has 8 nitrogen and oxygen atoms in total. The number of hydrogen-bond donors (Lipinski definition) is 2. The average Bonchev–Trinajstić information content (AvgIpc) is 2.96. The Bertz CT molecular complexity index is 963. The average molecular weight is 355 g/mol. The van der Waals surface area contributed by atoms with Gasteiger partial charge in [-0.3, -0.25) is 25.4 Å². The Morgan fingerprint density at radius 1 is 1.20 bits per heavy atom. The molecule has 1 aromatic heterocycles. The highest BCUT2D eigenvalue weighted by atomic mass is 32.1. The summed E-state index contributed by atoms with van der Waals surface area (Å²) in [5, 5.41) is 17.5. The molecule has 0 fully saturated rings. The Balaban J connectivity index is 1.80. The Hall–Kier alpha value is -3.33. The summed E-state index contributed by atoms with van der Waals surface area (Å²) in [5.74, 6) is 0.105. The van der Waals surface area contributed by atoms with Crippen LogP contribution >= 0.6 is 12.2 Å². The van der Waals surface area contributed by atoms with Crippen LogP contribution in [0.5, 0.6) is 0 Å². The smallest absolute Gasteiger partial charge is 0.267 e. The molecule has 0 saturated heterocycles. The number of hydrogen-bond acceptors (Lipinski definition) is 5. The van der Waals surface area contributed by atoms with E-state index in [9.17, 15) is 14.9 Å². The first-order valence-electron chi connectivity index (χ1n) is 7.30. The second-order valence-electron chi connectivity index (χ2n) is 5.19. The Kier molecular flexibility index (Phi) is 4.66. The van der Waals surface area contributed by atoms with Crippen molar-refractivity contribution in [2.75, 3.05) is 5.43 Å². The second kappa shape index (κ2) is 7.05. The number of rotatable bonds is 5. The molecule has 0 aliphatic carbocycles. The molecule has 25 heavy (non-hydrogen) atoms. The maximum atomic E-state index is 12.4. The van der Waals surface area contributed by atoms with Crippen molar-refractivity contribution in [3.05, 3.63) is 86.4 Å². The summed E-state index contributed by atoms with van der Waals surface area (Å²) >= 11 is 5.15. The largest absolute Gasteiger partial charge is 0.270 e. The maximum absolute atomic E-state index is 12.4. The van der Waals surface area contributed by atoms with Crippen LogP contribution in [-0.4, -0.2) is 25.7 Å². The standard InChI is InChI=1S/C16H13N5O3S/c22-15(12-6-8-13(9-7-12)21(23)24)19-20-14(17-18-16(20)25)10-11-4-2-1-3-5-11/h1-9H,10H2,(H,18,25)(H,19,22). The van der Waals surface area contributed by atoms with Gasteiger partial charge in [0.1, 0.15) is 0 Å². The van der Waals surface area contributed by atoms with Crippen molar-refractivity contribution in [3.8, 4) is 0 Å². The molecule has 2 N–H and O–H groups in total. The van der Waals surface area contributed by atoms with E-state index in [0.717, 1.165) is 5.56 Å². The molecule has 0 unspecified atom stereocenters. The summed E-state index contributed by atoms with van der Waals surface area (Å²) in [7, 11) is 0. The van der Waals surface area contributed by atoms with E-state index >= 15 is 0 Å². The SMILES string of the molecule is O=C(Nn1c(Cc2ccccc2)n[nH]c1=S)c1ccc([N+](=O)[O-])cc1. The van der Waals surface area contributed by atoms with E-state index in [2.05, 4.69) is 15.6 Å². The Morgan fingerprint density at radius 2 is 1.88 bits per heavy atom. The van der Waals surface area contributed by atoms with Gasteiger partial charge >= 0.3 is 0 Å². The molecule has 1 amide bonds. The fourth-order valence-corrected chi connectivity index (χ4v) is 2.44. The summed E-state index contributed by atoms with van der Waals surface area (Å²) in [6.07, 6.45) is 0.481. The van der Waals surface area contributed by atoms with Crippen LogP contribution < -0.4 is 5.43 Å². The van der Waals surface area contributed by atoms with Crippen LogP contribution in [0.2, 0.25) is 0 Å². The van der Waals surface area contributed by atoms with Gasteiger partial charge in [0.25, 0.3) is 11.6 Å². The van der Waals surface area contributed by atoms with Crippen LogP contribution in [0.15, 0.2) is 54.6 Å². The van der Waals surface area contributed by atoms with Gasteiger partial charge in [-0.25, -0.2) is 4.68 Å². The number of carbonyl (C=O) groups excluding carboxylic acids is 1. The second-order valence-corrected chi connectivity index (χ2v) is 5.57. The maximum Gasteiger partial charge on any atom is 0.270 e. The number of nitro benzene ring substituents is 1. The number of aromatic nitrogens is 3. The van der Waals surface area contributed by atoms with Gasteiger partial charge in [-0.2, -0.15) is 5.10 Å². The van der Waals surface area contributed by atoms with Crippen LogP contribution in [0.4, 0.5) is 5.69 Å². The van der Waals surface area contributed by atoms with Crippen molar-refractivity contribution in [2.45, 2.75) is 6.42 Å². The highest BCUT2D eigenvalue weighted by Crippen LogP contribution is 2.12. The van der Waals surface area contributed by atoms with Gasteiger partial charge in [-0.1, -0.05) is 30.3 Å². The summed E-state index contributed by atoms with van der Waals surface area (Å²) in [6.45, 7) is 0. The number of amides is 1. The number of nitrogens with zero attached hydrogens (tertiary/aromatic N) is 3. The van der Waals surface area contributed by atoms with Gasteiger partial charge in [0.15, 0.2) is 5.82 Å². The van der Waals surface area contributed by atoms with Crippen LogP contribution in [-0.2, 0) is 6.42 Å². The van der Waals surface area contributed by atoms with Gasteiger partial charge in [-0.05, 0) is 29.9 Å². The molecule has 3 rings (SSSR count). The molecular weight excluding hydrogens is 342 g/mol. The van der Waals surface area contributed by atoms with Gasteiger partial charge in [0, 0.05) is 24.1 Å². The lowest BCUT2D eigenvalue weighted by atomic mass is 10.1. The van der Waals surface area contributed by atoms with Crippen LogP contribution in [0.25, 0.3) is 0 Å². The molecule has 2 aromatic carbocycles. The first-order chi connectivity index (χ1) is 12.0. The van der Waals surface area contributed by atoms with E-state index < -0.39 is 10.8 Å². The summed E-state index contributed by atoms with van der Waals surface area (Å²) < 4.78 is 1.65. The summed E-state index contributed by atoms with van der Waals surface area (Å²) in [4.78, 5) is 22.5. The van der Waals surface area contributed by atoms with Gasteiger partial charge < -0.3 is 0 Å². The van der Waals surface area contributed by atoms with Crippen molar-refractivity contribution in [3.63, 3.8) is 0 Å². The summed E-state index contributed by atoms with van der Waals surface area (Å²) in [5.41, 5.74) is 3.87. The number of benzene rings is 2. The number of aromatic amines is 1. The predicted molar refractivity (Wildman–Crippen MR) is 93.4 cm³/mol. The third-order valence-electron chi connectivity index (χ3n) is 3.50. The Labute approximate surface area is 147 Å². The van der Waals surface area contributed by atoms with Crippen molar-refractivity contribution in [2.24, 2.45) is 0 Å². The number of non-ortho nitro benzene ring substituents is 1. The van der Waals surface area contributed by atoms with Gasteiger partial charge in [-0.15, -0.1) is 0 Å². The van der Waals surface area contributed by atoms with Crippen LogP contribution in [0.3, 0.4) is 0 Å². The monoisotopic (exact) mass is 355 g/mol. The molecule has 126 valence electrons. The molecule has 3 aromatic rings. The summed E-state index contributed by atoms with van der Waals surface area (Å²) in [6, 6.07) is 14.9. The molecular formula is C16H13N5O3S. The zero-order valence-electron chi connectivity index (χ0n) is 12.9. The molecule has 0 radical (unpaired) electrons. The van der Waals surface area contributed by atoms with Crippen LogP contribution in [0, 0.1) is 14.9 Å². The number of H-pyrrole nitrogens is 1. The van der Waals surface area contributed by atoms with Gasteiger partial charge in [0.05, 0.1) is 4.92 Å². The van der Waals surface area contributed by atoms with Gasteiger partial charge in [0.2, 0.25) is 4.77 Å². The normalized spacial score (nSPS) is 10.4. The highest BCUT2D eigenvalue weighted by Gasteiger charge is 2.13. The van der Waals surface area contributed by atoms with E-state index in [1.165, 1.54) is 28.9 Å². The van der Waals surface area contributed by atoms with Crippen molar-refractivity contribution in [1.29, 1.82) is 0 Å². The highest BCUT2D eigenvalue weighted by molar-refractivity contribution is 7.71. The molecule has 0 aliphatic rings. The lowest BCUT2D eigenvalue weighted by molar-refractivity contribution is -0.384. The van der Waals surface area contributed by atoms with E-state index in [4.69, 9.17) is 12.2 Å². The topological polar surface area (TPSA) is 106 Å². The lowest BCUT2D eigenvalue weighted by Crippen LogP contribution is -2.25. The third-order valence-corrected chi connectivity index (χ3v) is 3.77. The third kappa shape index (κ3) is 3.78. The first-order valence-corrected chi connectivity index (χ1v) is 7.71. The number of nitro groups is 1. The minimum atomic E-state index is -0.522. The predicted octanol–water partition coefficient (Wildman–Crippen LogP) is 2.82. The zero-order valence-corrected chi connectivity index (χ0v) is 13.7. The lowest BCUT2D eigenvalue weighted by Gasteiger charge is -2.09. The molecule has 0 atom stereocenters.